The van der Waals surface area contributed by atoms with Gasteiger partial charge in [0.1, 0.15) is 0 Å². The van der Waals surface area contributed by atoms with Crippen LogP contribution in [0.4, 0.5) is 5.69 Å². The minimum Gasteiger partial charge on any atom is -0.454 e. The van der Waals surface area contributed by atoms with Gasteiger partial charge in [0, 0.05) is 23.0 Å². The summed E-state index contributed by atoms with van der Waals surface area (Å²) in [6.45, 7) is 5.07. The second kappa shape index (κ2) is 9.55. The van der Waals surface area contributed by atoms with E-state index in [1.54, 1.807) is 57.0 Å². The minimum absolute atomic E-state index is 0.0812. The van der Waals surface area contributed by atoms with E-state index < -0.39 is 11.4 Å². The van der Waals surface area contributed by atoms with Gasteiger partial charge < -0.3 is 9.64 Å². The van der Waals surface area contributed by atoms with Crippen LogP contribution in [0.2, 0.25) is 0 Å². The van der Waals surface area contributed by atoms with Crippen LogP contribution in [0.3, 0.4) is 0 Å². The highest BCUT2D eigenvalue weighted by Gasteiger charge is 2.23. The number of ketones is 1. The molecule has 6 heteroatoms. The van der Waals surface area contributed by atoms with Crippen molar-refractivity contribution in [3.63, 3.8) is 0 Å². The maximum absolute atomic E-state index is 12.5. The third-order valence-corrected chi connectivity index (χ3v) is 5.20. The second-order valence-corrected chi connectivity index (χ2v) is 8.34. The number of anilines is 1. The first-order valence-electron chi connectivity index (χ1n) is 8.94. The van der Waals surface area contributed by atoms with E-state index >= 15 is 0 Å². The molecular weight excluding hydrogens is 374 g/mol. The van der Waals surface area contributed by atoms with Crippen LogP contribution >= 0.6 is 11.8 Å². The number of ether oxygens (including phenoxy) is 1. The van der Waals surface area contributed by atoms with Crippen LogP contribution in [0.15, 0.2) is 59.5 Å². The number of carbonyl (C=O) groups excluding carboxylic acids is 3. The summed E-state index contributed by atoms with van der Waals surface area (Å²) in [6, 6.07) is 16.3. The van der Waals surface area contributed by atoms with Gasteiger partial charge in [-0.25, -0.2) is 4.79 Å². The first-order chi connectivity index (χ1) is 13.2. The van der Waals surface area contributed by atoms with Crippen molar-refractivity contribution in [3.8, 4) is 0 Å². The van der Waals surface area contributed by atoms with Gasteiger partial charge in [-0.3, -0.25) is 9.59 Å². The van der Waals surface area contributed by atoms with Gasteiger partial charge in [-0.05, 0) is 24.3 Å². The Morgan fingerprint density at radius 2 is 1.57 bits per heavy atom. The van der Waals surface area contributed by atoms with Crippen LogP contribution in [0.1, 0.15) is 31.1 Å². The normalized spacial score (nSPS) is 11.0. The number of benzene rings is 2. The third-order valence-electron chi connectivity index (χ3n) is 4.15. The monoisotopic (exact) mass is 399 g/mol. The molecular formula is C22H25NO4S. The van der Waals surface area contributed by atoms with E-state index in [1.165, 1.54) is 11.8 Å². The van der Waals surface area contributed by atoms with Crippen molar-refractivity contribution in [1.82, 2.24) is 0 Å². The first kappa shape index (κ1) is 21.7. The Morgan fingerprint density at radius 1 is 0.964 bits per heavy atom. The van der Waals surface area contributed by atoms with E-state index in [4.69, 9.17) is 4.74 Å². The van der Waals surface area contributed by atoms with Crippen LogP contribution in [0.25, 0.3) is 0 Å². The number of amides is 1. The molecule has 0 aliphatic rings. The number of hydrogen-bond donors (Lipinski definition) is 0. The second-order valence-electron chi connectivity index (χ2n) is 7.32. The average Bonchev–Trinajstić information content (AvgIpc) is 2.69. The Balaban J connectivity index is 2.00. The molecule has 2 rings (SSSR count). The Labute approximate surface area is 170 Å². The zero-order chi connectivity index (χ0) is 20.7. The standard InChI is InChI=1S/C22H25NO4S/c1-22(2,3)19(24)14-27-21(26)17-12-8-9-13-18(17)28-15-20(25)23(4)16-10-6-5-7-11-16/h5-13H,14-15H2,1-4H3. The van der Waals surface area contributed by atoms with Crippen molar-refractivity contribution < 1.29 is 19.1 Å². The smallest absolute Gasteiger partial charge is 0.339 e. The molecule has 0 aromatic heterocycles. The van der Waals surface area contributed by atoms with E-state index in [0.717, 1.165) is 5.69 Å². The Morgan fingerprint density at radius 3 is 2.21 bits per heavy atom. The number of rotatable bonds is 7. The van der Waals surface area contributed by atoms with Gasteiger partial charge in [-0.1, -0.05) is 51.1 Å². The summed E-state index contributed by atoms with van der Waals surface area (Å²) in [5.74, 6) is -0.617. The Hall–Kier alpha value is -2.60. The van der Waals surface area contributed by atoms with E-state index in [1.807, 2.05) is 30.3 Å². The van der Waals surface area contributed by atoms with Crippen molar-refractivity contribution in [1.29, 1.82) is 0 Å². The summed E-state index contributed by atoms with van der Waals surface area (Å²) in [7, 11) is 1.72. The molecule has 0 aliphatic heterocycles. The molecule has 148 valence electrons. The summed E-state index contributed by atoms with van der Waals surface area (Å²) in [5, 5.41) is 0. The van der Waals surface area contributed by atoms with Gasteiger partial charge in [-0.15, -0.1) is 11.8 Å². The molecule has 0 N–H and O–H groups in total. The minimum atomic E-state index is -0.566. The van der Waals surface area contributed by atoms with Crippen molar-refractivity contribution in [2.24, 2.45) is 5.41 Å². The van der Waals surface area contributed by atoms with E-state index in [9.17, 15) is 14.4 Å². The number of thioether (sulfide) groups is 1. The fraction of sp³-hybridized carbons (Fsp3) is 0.318. The van der Waals surface area contributed by atoms with Crippen molar-refractivity contribution >= 4 is 35.1 Å². The fourth-order valence-electron chi connectivity index (χ4n) is 2.22. The van der Waals surface area contributed by atoms with Crippen molar-refractivity contribution in [3.05, 3.63) is 60.2 Å². The SMILES string of the molecule is CN(C(=O)CSc1ccccc1C(=O)OCC(=O)C(C)(C)C)c1ccccc1. The van der Waals surface area contributed by atoms with Gasteiger partial charge in [0.2, 0.25) is 5.91 Å². The number of hydrogen-bond acceptors (Lipinski definition) is 5. The number of nitrogens with zero attached hydrogens (tertiary/aromatic N) is 1. The highest BCUT2D eigenvalue weighted by molar-refractivity contribution is 8.00. The molecule has 0 fully saturated rings. The van der Waals surface area contributed by atoms with Crippen molar-refractivity contribution in [2.45, 2.75) is 25.7 Å². The summed E-state index contributed by atoms with van der Waals surface area (Å²) < 4.78 is 5.18. The Kier molecular flexibility index (Phi) is 7.40. The van der Waals surface area contributed by atoms with Gasteiger partial charge in [-0.2, -0.15) is 0 Å². The van der Waals surface area contributed by atoms with Crippen LogP contribution in [-0.4, -0.2) is 37.1 Å². The Bertz CT molecular complexity index is 843. The van der Waals surface area contributed by atoms with Gasteiger partial charge in [0.25, 0.3) is 0 Å². The lowest BCUT2D eigenvalue weighted by Gasteiger charge is -2.18. The maximum atomic E-state index is 12.5. The van der Waals surface area contributed by atoms with Gasteiger partial charge in [0.15, 0.2) is 12.4 Å². The highest BCUT2D eigenvalue weighted by atomic mass is 32.2. The molecule has 0 bridgehead atoms. The molecule has 0 unspecified atom stereocenters. The van der Waals surface area contributed by atoms with Crippen LogP contribution in [0.5, 0.6) is 0 Å². The van der Waals surface area contributed by atoms with Crippen LogP contribution in [-0.2, 0) is 14.3 Å². The van der Waals surface area contributed by atoms with Crippen LogP contribution in [0, 0.1) is 5.41 Å². The molecule has 0 radical (unpaired) electrons. The topological polar surface area (TPSA) is 63.7 Å². The summed E-state index contributed by atoms with van der Waals surface area (Å²) in [5.41, 5.74) is 0.592. The summed E-state index contributed by atoms with van der Waals surface area (Å²) >= 11 is 1.27. The van der Waals surface area contributed by atoms with Crippen LogP contribution < -0.4 is 4.90 Å². The van der Waals surface area contributed by atoms with E-state index in [0.29, 0.717) is 10.5 Å². The molecule has 5 nitrogen and oxygen atoms in total. The molecule has 0 spiro atoms. The number of carbonyl (C=O) groups is 3. The molecule has 0 saturated heterocycles. The lowest BCUT2D eigenvalue weighted by atomic mass is 9.91. The number of para-hydroxylation sites is 1. The van der Waals surface area contributed by atoms with E-state index in [-0.39, 0.29) is 24.1 Å². The average molecular weight is 400 g/mol. The third kappa shape index (κ3) is 5.96. The molecule has 2 aromatic carbocycles. The van der Waals surface area contributed by atoms with Gasteiger partial charge >= 0.3 is 5.97 Å². The lowest BCUT2D eigenvalue weighted by Crippen LogP contribution is -2.28. The molecule has 2 aromatic rings. The largest absolute Gasteiger partial charge is 0.454 e. The number of Topliss-reactive ketones (excluding diaryl/α,β-unsaturated/α-hetero) is 1. The maximum Gasteiger partial charge on any atom is 0.339 e. The van der Waals surface area contributed by atoms with E-state index in [2.05, 4.69) is 0 Å². The molecule has 0 saturated carbocycles. The number of esters is 1. The first-order valence-corrected chi connectivity index (χ1v) is 9.92. The highest BCUT2D eigenvalue weighted by Crippen LogP contribution is 2.25. The quantitative estimate of drug-likeness (QED) is 0.515. The van der Waals surface area contributed by atoms with Gasteiger partial charge in [0.05, 0.1) is 11.3 Å². The lowest BCUT2D eigenvalue weighted by molar-refractivity contribution is -0.129. The zero-order valence-corrected chi connectivity index (χ0v) is 17.4. The van der Waals surface area contributed by atoms with Crippen molar-refractivity contribution in [2.75, 3.05) is 24.3 Å². The molecule has 28 heavy (non-hydrogen) atoms. The molecule has 1 amide bonds. The predicted octanol–water partition coefficient (Wildman–Crippen LogP) is 4.21. The fourth-order valence-corrected chi connectivity index (χ4v) is 3.17. The molecule has 0 aliphatic carbocycles. The molecule has 0 atom stereocenters. The molecule has 0 heterocycles. The summed E-state index contributed by atoms with van der Waals surface area (Å²) in [4.78, 5) is 39.1. The predicted molar refractivity (Wildman–Crippen MR) is 112 cm³/mol. The summed E-state index contributed by atoms with van der Waals surface area (Å²) in [6.07, 6.45) is 0. The zero-order valence-electron chi connectivity index (χ0n) is 16.6.